The van der Waals surface area contributed by atoms with Gasteiger partial charge in [-0.3, -0.25) is 9.59 Å². The van der Waals surface area contributed by atoms with Crippen molar-refractivity contribution in [2.75, 3.05) is 0 Å². The second kappa shape index (κ2) is 8.77. The highest BCUT2D eigenvalue weighted by molar-refractivity contribution is 7.14. The van der Waals surface area contributed by atoms with Gasteiger partial charge in [0.2, 0.25) is 0 Å². The molecule has 0 saturated heterocycles. The molecule has 3 rings (SSSR count). The Morgan fingerprint density at radius 2 is 2.15 bits per heavy atom. The first kappa shape index (κ1) is 19.0. The third-order valence-electron chi connectivity index (χ3n) is 4.76. The van der Waals surface area contributed by atoms with E-state index in [0.29, 0.717) is 11.6 Å². The molecule has 2 heterocycles. The van der Waals surface area contributed by atoms with Crippen LogP contribution < -0.4 is 5.32 Å². The van der Waals surface area contributed by atoms with Gasteiger partial charge in [0.25, 0.3) is 5.91 Å². The number of amides is 1. The van der Waals surface area contributed by atoms with Gasteiger partial charge in [0, 0.05) is 22.4 Å². The van der Waals surface area contributed by atoms with Gasteiger partial charge < -0.3 is 10.1 Å². The van der Waals surface area contributed by atoms with E-state index in [9.17, 15) is 9.59 Å². The third-order valence-corrected chi connectivity index (χ3v) is 6.39. The smallest absolute Gasteiger partial charge is 0.312 e. The summed E-state index contributed by atoms with van der Waals surface area (Å²) in [6.07, 6.45) is 3.79. The number of thiazole rings is 1. The number of carbonyl (C=O) groups is 2. The lowest BCUT2D eigenvalue weighted by Crippen LogP contribution is -2.46. The lowest BCUT2D eigenvalue weighted by molar-refractivity contribution is -0.154. The average molecular weight is 393 g/mol. The van der Waals surface area contributed by atoms with Crippen LogP contribution in [0, 0.1) is 5.92 Å². The van der Waals surface area contributed by atoms with Crippen LogP contribution in [-0.2, 0) is 20.7 Å². The van der Waals surface area contributed by atoms with Crippen molar-refractivity contribution in [1.82, 2.24) is 10.3 Å². The fraction of sp³-hybridized carbons (Fsp3) is 0.526. The van der Waals surface area contributed by atoms with E-state index < -0.39 is 12.1 Å². The number of esters is 1. The number of ether oxygens (including phenoxy) is 1. The van der Waals surface area contributed by atoms with Crippen LogP contribution in [0.4, 0.5) is 0 Å². The summed E-state index contributed by atoms with van der Waals surface area (Å²) in [6.45, 7) is 3.78. The van der Waals surface area contributed by atoms with Crippen LogP contribution in [-0.4, -0.2) is 29.0 Å². The van der Waals surface area contributed by atoms with Crippen molar-refractivity contribution in [2.45, 2.75) is 58.1 Å². The molecule has 140 valence electrons. The SMILES string of the molecule is C[C@@H]1CCCC[C@H]1NC(=O)[C@@H](C)OC(=O)Cc1csc(-c2ccsc2)n1. The summed E-state index contributed by atoms with van der Waals surface area (Å²) in [4.78, 5) is 28.9. The van der Waals surface area contributed by atoms with Crippen molar-refractivity contribution in [3.63, 3.8) is 0 Å². The Morgan fingerprint density at radius 1 is 1.35 bits per heavy atom. The summed E-state index contributed by atoms with van der Waals surface area (Å²) in [6, 6.07) is 2.19. The maximum Gasteiger partial charge on any atom is 0.312 e. The predicted molar refractivity (Wildman–Crippen MR) is 104 cm³/mol. The highest BCUT2D eigenvalue weighted by Crippen LogP contribution is 2.26. The quantitative estimate of drug-likeness (QED) is 0.753. The fourth-order valence-electron chi connectivity index (χ4n) is 3.18. The van der Waals surface area contributed by atoms with Crippen LogP contribution >= 0.6 is 22.7 Å². The van der Waals surface area contributed by atoms with Gasteiger partial charge in [-0.05, 0) is 37.1 Å². The number of nitrogens with one attached hydrogen (secondary N) is 1. The predicted octanol–water partition coefficient (Wildman–Crippen LogP) is 4.04. The minimum absolute atomic E-state index is 0.0814. The van der Waals surface area contributed by atoms with Gasteiger partial charge in [-0.25, -0.2) is 4.98 Å². The van der Waals surface area contributed by atoms with Crippen molar-refractivity contribution < 1.29 is 14.3 Å². The maximum atomic E-state index is 12.3. The number of thiophene rings is 1. The van der Waals surface area contributed by atoms with E-state index >= 15 is 0 Å². The standard InChI is InChI=1S/C19H24N2O3S2/c1-12-5-3-4-6-16(12)21-18(23)13(2)24-17(22)9-15-11-26-19(20-15)14-7-8-25-10-14/h7-8,10-13,16H,3-6,9H2,1-2H3,(H,21,23)/t12-,13-,16-/m1/s1. The van der Waals surface area contributed by atoms with Crippen LogP contribution in [0.15, 0.2) is 22.2 Å². The molecular formula is C19H24N2O3S2. The van der Waals surface area contributed by atoms with E-state index in [4.69, 9.17) is 4.74 Å². The molecule has 0 bridgehead atoms. The first-order chi connectivity index (χ1) is 12.5. The maximum absolute atomic E-state index is 12.3. The molecular weight excluding hydrogens is 368 g/mol. The topological polar surface area (TPSA) is 68.3 Å². The zero-order valence-electron chi connectivity index (χ0n) is 15.1. The van der Waals surface area contributed by atoms with Crippen molar-refractivity contribution in [3.05, 3.63) is 27.9 Å². The minimum atomic E-state index is -0.786. The number of rotatable bonds is 6. The summed E-state index contributed by atoms with van der Waals surface area (Å²) in [7, 11) is 0. The Balaban J connectivity index is 1.48. The number of hydrogen-bond acceptors (Lipinski definition) is 6. The second-order valence-electron chi connectivity index (χ2n) is 6.84. The van der Waals surface area contributed by atoms with Gasteiger partial charge >= 0.3 is 5.97 Å². The summed E-state index contributed by atoms with van der Waals surface area (Å²) in [5, 5.41) is 9.82. The van der Waals surface area contributed by atoms with Gasteiger partial charge in [-0.15, -0.1) is 11.3 Å². The molecule has 3 atom stereocenters. The number of carbonyl (C=O) groups excluding carboxylic acids is 2. The molecule has 2 aromatic heterocycles. The molecule has 0 radical (unpaired) electrons. The molecule has 0 spiro atoms. The first-order valence-electron chi connectivity index (χ1n) is 8.99. The van der Waals surface area contributed by atoms with Crippen molar-refractivity contribution in [1.29, 1.82) is 0 Å². The molecule has 1 aliphatic carbocycles. The largest absolute Gasteiger partial charge is 0.452 e. The molecule has 0 unspecified atom stereocenters. The van der Waals surface area contributed by atoms with E-state index in [-0.39, 0.29) is 18.4 Å². The molecule has 2 aromatic rings. The fourth-order valence-corrected chi connectivity index (χ4v) is 4.71. The first-order valence-corrected chi connectivity index (χ1v) is 10.8. The molecule has 5 nitrogen and oxygen atoms in total. The zero-order valence-corrected chi connectivity index (χ0v) is 16.7. The van der Waals surface area contributed by atoms with Crippen LogP contribution in [0.1, 0.15) is 45.2 Å². The summed E-state index contributed by atoms with van der Waals surface area (Å²) >= 11 is 3.12. The molecule has 1 aliphatic rings. The van der Waals surface area contributed by atoms with Crippen molar-refractivity contribution >= 4 is 34.6 Å². The Bertz CT molecular complexity index is 742. The highest BCUT2D eigenvalue weighted by atomic mass is 32.1. The zero-order chi connectivity index (χ0) is 18.5. The number of hydrogen-bond donors (Lipinski definition) is 1. The average Bonchev–Trinajstić information content (AvgIpc) is 3.28. The van der Waals surface area contributed by atoms with E-state index in [0.717, 1.165) is 29.8 Å². The Morgan fingerprint density at radius 3 is 2.88 bits per heavy atom. The lowest BCUT2D eigenvalue weighted by Gasteiger charge is -2.30. The second-order valence-corrected chi connectivity index (χ2v) is 8.48. The lowest BCUT2D eigenvalue weighted by atomic mass is 9.86. The monoisotopic (exact) mass is 392 g/mol. The van der Waals surface area contributed by atoms with Gasteiger partial charge in [0.05, 0.1) is 12.1 Å². The van der Waals surface area contributed by atoms with Gasteiger partial charge in [0.1, 0.15) is 5.01 Å². The third kappa shape index (κ3) is 4.92. The van der Waals surface area contributed by atoms with Crippen LogP contribution in [0.5, 0.6) is 0 Å². The van der Waals surface area contributed by atoms with Gasteiger partial charge in [-0.2, -0.15) is 11.3 Å². The minimum Gasteiger partial charge on any atom is -0.452 e. The molecule has 1 N–H and O–H groups in total. The van der Waals surface area contributed by atoms with Crippen LogP contribution in [0.2, 0.25) is 0 Å². The summed E-state index contributed by atoms with van der Waals surface area (Å²) < 4.78 is 5.31. The van der Waals surface area contributed by atoms with E-state index in [1.165, 1.54) is 17.8 Å². The van der Waals surface area contributed by atoms with Gasteiger partial charge in [-0.1, -0.05) is 19.8 Å². The van der Waals surface area contributed by atoms with E-state index in [1.54, 1.807) is 18.3 Å². The molecule has 1 fully saturated rings. The van der Waals surface area contributed by atoms with E-state index in [1.807, 2.05) is 22.2 Å². The molecule has 1 saturated carbocycles. The van der Waals surface area contributed by atoms with Crippen LogP contribution in [0.3, 0.4) is 0 Å². The van der Waals surface area contributed by atoms with Crippen molar-refractivity contribution in [3.8, 4) is 10.6 Å². The molecule has 0 aromatic carbocycles. The van der Waals surface area contributed by atoms with Crippen molar-refractivity contribution in [2.24, 2.45) is 5.92 Å². The van der Waals surface area contributed by atoms with Gasteiger partial charge in [0.15, 0.2) is 6.10 Å². The summed E-state index contributed by atoms with van der Waals surface area (Å²) in [5.41, 5.74) is 1.74. The molecule has 0 aliphatic heterocycles. The van der Waals surface area contributed by atoms with Crippen LogP contribution in [0.25, 0.3) is 10.6 Å². The Kier molecular flexibility index (Phi) is 6.43. The normalized spacial score (nSPS) is 21.2. The Hall–Kier alpha value is -1.73. The summed E-state index contributed by atoms with van der Waals surface area (Å²) in [5.74, 6) is -0.165. The molecule has 26 heavy (non-hydrogen) atoms. The number of nitrogens with zero attached hydrogens (tertiary/aromatic N) is 1. The van der Waals surface area contributed by atoms with E-state index in [2.05, 4.69) is 17.2 Å². The highest BCUT2D eigenvalue weighted by Gasteiger charge is 2.26. The molecule has 1 amide bonds. The molecule has 7 heteroatoms. The Labute approximate surface area is 161 Å². The number of aromatic nitrogens is 1.